The lowest BCUT2D eigenvalue weighted by Gasteiger charge is -2.19. The van der Waals surface area contributed by atoms with Crippen LogP contribution >= 0.6 is 0 Å². The normalized spacial score (nSPS) is 11.7. The van der Waals surface area contributed by atoms with E-state index in [1.165, 1.54) is 109 Å². The van der Waals surface area contributed by atoms with Crippen molar-refractivity contribution in [1.82, 2.24) is 0 Å². The molecule has 0 aromatic rings. The van der Waals surface area contributed by atoms with Crippen LogP contribution in [0.15, 0.2) is 0 Å². The van der Waals surface area contributed by atoms with E-state index in [9.17, 15) is 0 Å². The zero-order valence-corrected chi connectivity index (χ0v) is 17.2. The predicted octanol–water partition coefficient (Wildman–Crippen LogP) is 8.93. The second kappa shape index (κ2) is 18.3. The van der Waals surface area contributed by atoms with Crippen LogP contribution in [0, 0.1) is 11.8 Å². The monoisotopic (exact) mass is 324 g/mol. The summed E-state index contributed by atoms with van der Waals surface area (Å²) in [5.41, 5.74) is 0. The van der Waals surface area contributed by atoms with Gasteiger partial charge >= 0.3 is 0 Å². The lowest BCUT2D eigenvalue weighted by molar-refractivity contribution is 0.338. The van der Waals surface area contributed by atoms with E-state index in [1.54, 1.807) is 0 Å². The minimum Gasteiger partial charge on any atom is -0.0654 e. The van der Waals surface area contributed by atoms with Gasteiger partial charge in [0.1, 0.15) is 0 Å². The van der Waals surface area contributed by atoms with E-state index < -0.39 is 0 Å². The van der Waals surface area contributed by atoms with Crippen molar-refractivity contribution < 1.29 is 0 Å². The van der Waals surface area contributed by atoms with Gasteiger partial charge in [-0.1, -0.05) is 130 Å². The van der Waals surface area contributed by atoms with Crippen LogP contribution in [-0.4, -0.2) is 0 Å². The molecule has 0 fully saturated rings. The van der Waals surface area contributed by atoms with E-state index in [-0.39, 0.29) is 0 Å². The standard InChI is InChI=1S/C23H48/c1-5-7-9-11-13-15-17-19-23(21-22(3)4)20-18-16-14-12-10-8-6-2/h22-23H,5-21H2,1-4H3. The van der Waals surface area contributed by atoms with Gasteiger partial charge in [-0.3, -0.25) is 0 Å². The van der Waals surface area contributed by atoms with Crippen LogP contribution in [0.4, 0.5) is 0 Å². The van der Waals surface area contributed by atoms with Gasteiger partial charge in [0.15, 0.2) is 0 Å². The van der Waals surface area contributed by atoms with Gasteiger partial charge in [-0.15, -0.1) is 0 Å². The molecule has 0 aliphatic carbocycles. The zero-order chi connectivity index (χ0) is 17.2. The van der Waals surface area contributed by atoms with E-state index in [0.29, 0.717) is 0 Å². The molecule has 0 radical (unpaired) electrons. The highest BCUT2D eigenvalue weighted by Gasteiger charge is 2.10. The Morgan fingerprint density at radius 3 is 1.17 bits per heavy atom. The van der Waals surface area contributed by atoms with Crippen molar-refractivity contribution in [1.29, 1.82) is 0 Å². The van der Waals surface area contributed by atoms with Crippen LogP contribution in [0.1, 0.15) is 137 Å². The van der Waals surface area contributed by atoms with E-state index in [4.69, 9.17) is 0 Å². The molecule has 0 unspecified atom stereocenters. The van der Waals surface area contributed by atoms with Crippen LogP contribution in [0.5, 0.6) is 0 Å². The van der Waals surface area contributed by atoms with Crippen molar-refractivity contribution >= 4 is 0 Å². The maximum Gasteiger partial charge on any atom is -0.0412 e. The van der Waals surface area contributed by atoms with Gasteiger partial charge in [0, 0.05) is 0 Å². The zero-order valence-electron chi connectivity index (χ0n) is 17.2. The van der Waals surface area contributed by atoms with Gasteiger partial charge in [0.05, 0.1) is 0 Å². The molecule has 0 amide bonds. The third kappa shape index (κ3) is 18.2. The van der Waals surface area contributed by atoms with Crippen LogP contribution < -0.4 is 0 Å². The van der Waals surface area contributed by atoms with Gasteiger partial charge in [0.2, 0.25) is 0 Å². The van der Waals surface area contributed by atoms with Gasteiger partial charge in [-0.2, -0.15) is 0 Å². The predicted molar refractivity (Wildman–Crippen MR) is 108 cm³/mol. The summed E-state index contributed by atoms with van der Waals surface area (Å²) in [5, 5.41) is 0. The van der Waals surface area contributed by atoms with Crippen LogP contribution in [0.2, 0.25) is 0 Å². The average Bonchev–Trinajstić information content (AvgIpc) is 2.52. The molecule has 0 aliphatic rings. The highest BCUT2D eigenvalue weighted by molar-refractivity contribution is 4.63. The maximum absolute atomic E-state index is 2.41. The second-order valence-electron chi connectivity index (χ2n) is 8.32. The van der Waals surface area contributed by atoms with E-state index in [0.717, 1.165) is 11.8 Å². The molecule has 0 nitrogen and oxygen atoms in total. The molecule has 0 aromatic carbocycles. The molecule has 0 bridgehead atoms. The van der Waals surface area contributed by atoms with Crippen molar-refractivity contribution in [2.45, 2.75) is 137 Å². The van der Waals surface area contributed by atoms with Gasteiger partial charge in [-0.25, -0.2) is 0 Å². The van der Waals surface area contributed by atoms with Gasteiger partial charge in [0.25, 0.3) is 0 Å². The van der Waals surface area contributed by atoms with Crippen molar-refractivity contribution in [2.75, 3.05) is 0 Å². The highest BCUT2D eigenvalue weighted by atomic mass is 14.2. The smallest absolute Gasteiger partial charge is 0.0412 e. The SMILES string of the molecule is CCCCCCCCCC(CCCCCCCCC)CC(C)C. The molecule has 0 atom stereocenters. The quantitative estimate of drug-likeness (QED) is 0.221. The Bertz CT molecular complexity index is 188. The van der Waals surface area contributed by atoms with Gasteiger partial charge < -0.3 is 0 Å². The fourth-order valence-corrected chi connectivity index (χ4v) is 3.83. The molecule has 23 heavy (non-hydrogen) atoms. The van der Waals surface area contributed by atoms with Crippen molar-refractivity contribution in [3.8, 4) is 0 Å². The molecule has 140 valence electrons. The molecule has 0 heterocycles. The van der Waals surface area contributed by atoms with Crippen LogP contribution in [0.3, 0.4) is 0 Å². The minimum atomic E-state index is 0.883. The Morgan fingerprint density at radius 2 is 0.826 bits per heavy atom. The molecule has 0 aromatic heterocycles. The number of rotatable bonds is 18. The first kappa shape index (κ1) is 23.0. The Kier molecular flexibility index (Phi) is 18.3. The van der Waals surface area contributed by atoms with Crippen LogP contribution in [0.25, 0.3) is 0 Å². The first-order chi connectivity index (χ1) is 11.2. The Labute approximate surface area is 149 Å². The molecule has 0 heteroatoms. The van der Waals surface area contributed by atoms with Crippen molar-refractivity contribution in [3.05, 3.63) is 0 Å². The minimum absolute atomic E-state index is 0.883. The third-order valence-electron chi connectivity index (χ3n) is 5.24. The summed E-state index contributed by atoms with van der Waals surface area (Å²) in [6.45, 7) is 9.42. The first-order valence-corrected chi connectivity index (χ1v) is 11.2. The highest BCUT2D eigenvalue weighted by Crippen LogP contribution is 2.25. The van der Waals surface area contributed by atoms with E-state index >= 15 is 0 Å². The number of unbranched alkanes of at least 4 members (excludes halogenated alkanes) is 12. The average molecular weight is 325 g/mol. The van der Waals surface area contributed by atoms with E-state index in [1.807, 2.05) is 0 Å². The second-order valence-corrected chi connectivity index (χ2v) is 8.32. The summed E-state index contributed by atoms with van der Waals surface area (Å²) in [4.78, 5) is 0. The lowest BCUT2D eigenvalue weighted by atomic mass is 9.87. The maximum atomic E-state index is 2.41. The lowest BCUT2D eigenvalue weighted by Crippen LogP contribution is -2.05. The van der Waals surface area contributed by atoms with Gasteiger partial charge in [-0.05, 0) is 18.3 Å². The molecule has 0 N–H and O–H groups in total. The van der Waals surface area contributed by atoms with E-state index in [2.05, 4.69) is 27.7 Å². The largest absolute Gasteiger partial charge is 0.0654 e. The molecule has 0 aliphatic heterocycles. The summed E-state index contributed by atoms with van der Waals surface area (Å²) in [5.74, 6) is 1.90. The molecule has 0 saturated carbocycles. The topological polar surface area (TPSA) is 0 Å². The third-order valence-corrected chi connectivity index (χ3v) is 5.24. The summed E-state index contributed by atoms with van der Waals surface area (Å²) >= 11 is 0. The fraction of sp³-hybridized carbons (Fsp3) is 1.00. The fourth-order valence-electron chi connectivity index (χ4n) is 3.83. The number of hydrogen-bond acceptors (Lipinski definition) is 0. The molecule has 0 saturated heterocycles. The molecule has 0 rings (SSSR count). The molecular weight excluding hydrogens is 276 g/mol. The van der Waals surface area contributed by atoms with Crippen molar-refractivity contribution in [3.63, 3.8) is 0 Å². The summed E-state index contributed by atoms with van der Waals surface area (Å²) in [6.07, 6.45) is 24.8. The summed E-state index contributed by atoms with van der Waals surface area (Å²) in [6, 6.07) is 0. The Balaban J connectivity index is 3.60. The van der Waals surface area contributed by atoms with Crippen molar-refractivity contribution in [2.24, 2.45) is 11.8 Å². The first-order valence-electron chi connectivity index (χ1n) is 11.2. The number of hydrogen-bond donors (Lipinski definition) is 0. The molecular formula is C23H48. The summed E-state index contributed by atoms with van der Waals surface area (Å²) in [7, 11) is 0. The van der Waals surface area contributed by atoms with Crippen LogP contribution in [-0.2, 0) is 0 Å². The molecule has 0 spiro atoms. The Hall–Kier alpha value is 0. The Morgan fingerprint density at radius 1 is 0.478 bits per heavy atom. The summed E-state index contributed by atoms with van der Waals surface area (Å²) < 4.78 is 0.